The number of hydrogen-bond donors (Lipinski definition) is 2. The molecule has 0 aliphatic carbocycles. The van der Waals surface area contributed by atoms with Crippen molar-refractivity contribution >= 4 is 55.4 Å². The van der Waals surface area contributed by atoms with Crippen LogP contribution in [0, 0.1) is 6.92 Å². The zero-order valence-corrected chi connectivity index (χ0v) is 17.5. The van der Waals surface area contributed by atoms with Crippen molar-refractivity contribution in [3.63, 3.8) is 0 Å². The Hall–Kier alpha value is -1.86. The molecule has 132 valence electrons. The fraction of sp³-hybridized carbons (Fsp3) is 0.222. The van der Waals surface area contributed by atoms with Crippen molar-refractivity contribution in [2.45, 2.75) is 6.92 Å². The molecular formula is C18H20Br2N4O. The molecule has 7 heteroatoms. The molecule has 0 fully saturated rings. The van der Waals surface area contributed by atoms with Crippen molar-refractivity contribution in [1.29, 1.82) is 0 Å². The second kappa shape index (κ2) is 9.01. The van der Waals surface area contributed by atoms with Gasteiger partial charge in [-0.3, -0.25) is 4.79 Å². The van der Waals surface area contributed by atoms with Crippen LogP contribution in [-0.2, 0) is 4.79 Å². The monoisotopic (exact) mass is 466 g/mol. The number of benzene rings is 2. The Morgan fingerprint density at radius 3 is 2.32 bits per heavy atom. The summed E-state index contributed by atoms with van der Waals surface area (Å²) in [6.45, 7) is 2.14. The average molecular weight is 468 g/mol. The van der Waals surface area contributed by atoms with Crippen LogP contribution in [-0.4, -0.2) is 32.8 Å². The predicted octanol–water partition coefficient (Wildman–Crippen LogP) is 4.15. The predicted molar refractivity (Wildman–Crippen MR) is 112 cm³/mol. The highest BCUT2D eigenvalue weighted by Crippen LogP contribution is 2.28. The highest BCUT2D eigenvalue weighted by atomic mass is 79.9. The summed E-state index contributed by atoms with van der Waals surface area (Å²) in [4.78, 5) is 13.9. The number of carbonyl (C=O) groups excluding carboxylic acids is 1. The van der Waals surface area contributed by atoms with Crippen molar-refractivity contribution in [3.8, 4) is 0 Å². The van der Waals surface area contributed by atoms with Crippen molar-refractivity contribution in [1.82, 2.24) is 5.43 Å². The molecule has 0 heterocycles. The molecular weight excluding hydrogens is 448 g/mol. The minimum Gasteiger partial charge on any atom is -0.378 e. The first-order valence-electron chi connectivity index (χ1n) is 7.65. The molecule has 0 unspecified atom stereocenters. The maximum Gasteiger partial charge on any atom is 0.259 e. The van der Waals surface area contributed by atoms with Crippen LogP contribution in [0.25, 0.3) is 0 Å². The van der Waals surface area contributed by atoms with Gasteiger partial charge in [0.15, 0.2) is 0 Å². The summed E-state index contributed by atoms with van der Waals surface area (Å²) in [5.41, 5.74) is 6.51. The van der Waals surface area contributed by atoms with E-state index < -0.39 is 0 Å². The minimum atomic E-state index is -0.214. The zero-order valence-electron chi connectivity index (χ0n) is 14.3. The molecule has 5 nitrogen and oxygen atoms in total. The Bertz CT molecular complexity index is 750. The third-order valence-corrected chi connectivity index (χ3v) is 5.19. The Morgan fingerprint density at radius 1 is 1.16 bits per heavy atom. The van der Waals surface area contributed by atoms with Gasteiger partial charge in [0.1, 0.15) is 0 Å². The first kappa shape index (κ1) is 19.5. The van der Waals surface area contributed by atoms with E-state index in [2.05, 4.69) is 47.7 Å². The van der Waals surface area contributed by atoms with Gasteiger partial charge >= 0.3 is 0 Å². The number of amides is 1. The molecule has 0 atom stereocenters. The van der Waals surface area contributed by atoms with Crippen LogP contribution in [0.15, 0.2) is 50.4 Å². The molecule has 2 aromatic rings. The summed E-state index contributed by atoms with van der Waals surface area (Å²) in [5, 5.41) is 7.05. The van der Waals surface area contributed by atoms with Crippen LogP contribution in [0.3, 0.4) is 0 Å². The molecule has 2 rings (SSSR count). The molecule has 0 aliphatic heterocycles. The van der Waals surface area contributed by atoms with E-state index in [0.717, 1.165) is 31.4 Å². The number of carbonyl (C=O) groups is 1. The second-order valence-electron chi connectivity index (χ2n) is 5.70. The van der Waals surface area contributed by atoms with E-state index in [-0.39, 0.29) is 12.5 Å². The van der Waals surface area contributed by atoms with Crippen molar-refractivity contribution in [2.24, 2.45) is 5.10 Å². The van der Waals surface area contributed by atoms with Gasteiger partial charge in [0.25, 0.3) is 5.91 Å². The van der Waals surface area contributed by atoms with Crippen LogP contribution in [0.1, 0.15) is 11.1 Å². The first-order chi connectivity index (χ1) is 11.9. The van der Waals surface area contributed by atoms with Gasteiger partial charge in [0.05, 0.1) is 12.8 Å². The Balaban J connectivity index is 1.84. The lowest BCUT2D eigenvalue weighted by Gasteiger charge is -2.11. The highest BCUT2D eigenvalue weighted by Gasteiger charge is 2.05. The van der Waals surface area contributed by atoms with E-state index in [0.29, 0.717) is 0 Å². The van der Waals surface area contributed by atoms with Crippen LogP contribution in [0.5, 0.6) is 0 Å². The molecule has 0 saturated carbocycles. The Morgan fingerprint density at radius 2 is 1.76 bits per heavy atom. The Labute approximate surface area is 164 Å². The van der Waals surface area contributed by atoms with E-state index in [1.807, 2.05) is 62.3 Å². The zero-order chi connectivity index (χ0) is 18.4. The van der Waals surface area contributed by atoms with Gasteiger partial charge in [-0.1, -0.05) is 44.0 Å². The van der Waals surface area contributed by atoms with Crippen molar-refractivity contribution in [3.05, 3.63) is 56.5 Å². The number of halogens is 2. The quantitative estimate of drug-likeness (QED) is 0.495. The normalized spacial score (nSPS) is 10.8. The third kappa shape index (κ3) is 5.86. The number of hydrazone groups is 1. The van der Waals surface area contributed by atoms with E-state index in [1.54, 1.807) is 6.21 Å². The largest absolute Gasteiger partial charge is 0.378 e. The van der Waals surface area contributed by atoms with Gasteiger partial charge in [0.2, 0.25) is 0 Å². The lowest BCUT2D eigenvalue weighted by molar-refractivity contribution is -0.119. The number of nitrogens with one attached hydrogen (secondary N) is 2. The van der Waals surface area contributed by atoms with Crippen LogP contribution >= 0.6 is 31.9 Å². The molecule has 25 heavy (non-hydrogen) atoms. The summed E-state index contributed by atoms with van der Waals surface area (Å²) in [7, 11) is 3.98. The topological polar surface area (TPSA) is 56.7 Å². The fourth-order valence-electron chi connectivity index (χ4n) is 2.01. The molecule has 2 N–H and O–H groups in total. The van der Waals surface area contributed by atoms with Crippen LogP contribution in [0.2, 0.25) is 0 Å². The third-order valence-electron chi connectivity index (χ3n) is 3.55. The van der Waals surface area contributed by atoms with Gasteiger partial charge in [0, 0.05) is 34.4 Å². The average Bonchev–Trinajstić information content (AvgIpc) is 2.58. The van der Waals surface area contributed by atoms with Gasteiger partial charge in [-0.05, 0) is 42.3 Å². The van der Waals surface area contributed by atoms with E-state index >= 15 is 0 Å². The summed E-state index contributed by atoms with van der Waals surface area (Å²) in [6, 6.07) is 11.8. The molecule has 2 aromatic carbocycles. The van der Waals surface area contributed by atoms with E-state index in [9.17, 15) is 4.79 Å². The summed E-state index contributed by atoms with van der Waals surface area (Å²) in [5.74, 6) is -0.214. The van der Waals surface area contributed by atoms with Crippen LogP contribution in [0.4, 0.5) is 11.4 Å². The van der Waals surface area contributed by atoms with Gasteiger partial charge in [-0.25, -0.2) is 5.43 Å². The maximum absolute atomic E-state index is 11.9. The van der Waals surface area contributed by atoms with Gasteiger partial charge < -0.3 is 10.2 Å². The Kier molecular flexibility index (Phi) is 7.01. The molecule has 0 spiro atoms. The smallest absolute Gasteiger partial charge is 0.259 e. The summed E-state index contributed by atoms with van der Waals surface area (Å²) in [6.07, 6.45) is 1.62. The lowest BCUT2D eigenvalue weighted by atomic mass is 10.2. The summed E-state index contributed by atoms with van der Waals surface area (Å²) >= 11 is 6.98. The van der Waals surface area contributed by atoms with Gasteiger partial charge in [-0.15, -0.1) is 0 Å². The van der Waals surface area contributed by atoms with E-state index in [1.165, 1.54) is 0 Å². The van der Waals surface area contributed by atoms with Gasteiger partial charge in [-0.2, -0.15) is 5.10 Å². The first-order valence-corrected chi connectivity index (χ1v) is 9.24. The molecule has 0 radical (unpaired) electrons. The maximum atomic E-state index is 11.9. The SMILES string of the molecule is Cc1c(Br)cc(NCC(=O)N/N=C\c2ccc(N(C)C)cc2)cc1Br. The highest BCUT2D eigenvalue weighted by molar-refractivity contribution is 9.11. The molecule has 0 saturated heterocycles. The van der Waals surface area contributed by atoms with E-state index in [4.69, 9.17) is 0 Å². The molecule has 1 amide bonds. The molecule has 0 aliphatic rings. The fourth-order valence-corrected chi connectivity index (χ4v) is 3.19. The number of nitrogens with zero attached hydrogens (tertiary/aromatic N) is 2. The van der Waals surface area contributed by atoms with Crippen LogP contribution < -0.4 is 15.6 Å². The van der Waals surface area contributed by atoms with Crippen molar-refractivity contribution in [2.75, 3.05) is 30.9 Å². The minimum absolute atomic E-state index is 0.138. The molecule has 0 aromatic heterocycles. The number of anilines is 2. The summed E-state index contributed by atoms with van der Waals surface area (Å²) < 4.78 is 1.95. The number of rotatable bonds is 6. The lowest BCUT2D eigenvalue weighted by Crippen LogP contribution is -2.25. The van der Waals surface area contributed by atoms with Crippen molar-refractivity contribution < 1.29 is 4.79 Å². The number of hydrogen-bond acceptors (Lipinski definition) is 4. The standard InChI is InChI=1S/C18H20Br2N4O/c1-12-16(19)8-14(9-17(12)20)21-11-18(25)23-22-10-13-4-6-15(7-5-13)24(2)3/h4-10,21H,11H2,1-3H3,(H,23,25)/b22-10-. The molecule has 0 bridgehead atoms. The second-order valence-corrected chi connectivity index (χ2v) is 7.41.